The molecule has 0 N–H and O–H groups in total. The molecular formula is C46H36Cl4Si. The zero-order chi connectivity index (χ0) is 35.6. The minimum Gasteiger partial charge on any atom is -0.0843 e. The zero-order valence-corrected chi connectivity index (χ0v) is 33.0. The molecule has 0 aliphatic heterocycles. The lowest BCUT2D eigenvalue weighted by Crippen LogP contribution is -2.31. The summed E-state index contributed by atoms with van der Waals surface area (Å²) in [5, 5.41) is 5.67. The number of hydrogen-bond acceptors (Lipinski definition) is 0. The fourth-order valence-electron chi connectivity index (χ4n) is 8.52. The summed E-state index contributed by atoms with van der Waals surface area (Å²) in [6.07, 6.45) is 1.84. The van der Waals surface area contributed by atoms with Crippen LogP contribution in [0.25, 0.3) is 43.8 Å². The minimum atomic E-state index is -2.38. The van der Waals surface area contributed by atoms with E-state index in [4.69, 9.17) is 46.4 Å². The monoisotopic (exact) mass is 756 g/mol. The number of rotatable bonds is 6. The fraction of sp³-hybridized carbons (Fsp3) is 0.130. The van der Waals surface area contributed by atoms with Gasteiger partial charge in [0.25, 0.3) is 0 Å². The van der Waals surface area contributed by atoms with Gasteiger partial charge in [0.15, 0.2) is 0 Å². The third kappa shape index (κ3) is 6.04. The molecule has 6 aromatic rings. The average molecular weight is 759 g/mol. The highest BCUT2D eigenvalue weighted by molar-refractivity contribution is 7.10. The van der Waals surface area contributed by atoms with E-state index in [-0.39, 0.29) is 0 Å². The lowest BCUT2D eigenvalue weighted by molar-refractivity contribution is 1.29. The highest BCUT2D eigenvalue weighted by Crippen LogP contribution is 2.53. The second-order valence-corrected chi connectivity index (χ2v) is 20.2. The Morgan fingerprint density at radius 1 is 0.431 bits per heavy atom. The largest absolute Gasteiger partial charge is 0.114 e. The van der Waals surface area contributed by atoms with Crippen LogP contribution in [0, 0.1) is 13.8 Å². The maximum atomic E-state index is 6.66. The molecular weight excluding hydrogens is 722 g/mol. The van der Waals surface area contributed by atoms with Crippen LogP contribution in [-0.4, -0.2) is 8.07 Å². The molecule has 0 fully saturated rings. The number of aryl methyl sites for hydroxylation is 2. The van der Waals surface area contributed by atoms with Gasteiger partial charge in [-0.2, -0.15) is 0 Å². The molecule has 6 aromatic carbocycles. The molecule has 0 amide bonds. The van der Waals surface area contributed by atoms with Gasteiger partial charge in [0, 0.05) is 31.2 Å². The summed E-state index contributed by atoms with van der Waals surface area (Å²) >= 11 is 25.8. The topological polar surface area (TPSA) is 0 Å². The first-order valence-corrected chi connectivity index (χ1v) is 21.8. The molecule has 8 rings (SSSR count). The van der Waals surface area contributed by atoms with Crippen LogP contribution in [0.15, 0.2) is 121 Å². The second-order valence-electron chi connectivity index (χ2n) is 14.3. The number of benzene rings is 6. The Balaban J connectivity index is 1.31. The Bertz CT molecular complexity index is 2300. The maximum absolute atomic E-state index is 6.66. The van der Waals surface area contributed by atoms with Crippen LogP contribution in [0.2, 0.25) is 33.2 Å². The van der Waals surface area contributed by atoms with Gasteiger partial charge in [0.2, 0.25) is 0 Å². The summed E-state index contributed by atoms with van der Waals surface area (Å²) in [5.74, 6) is 0. The highest BCUT2D eigenvalue weighted by Gasteiger charge is 2.42. The third-order valence-corrected chi connectivity index (χ3v) is 15.5. The van der Waals surface area contributed by atoms with Crippen LogP contribution < -0.4 is 0 Å². The van der Waals surface area contributed by atoms with E-state index in [0.29, 0.717) is 20.1 Å². The van der Waals surface area contributed by atoms with Gasteiger partial charge in [-0.3, -0.25) is 0 Å². The van der Waals surface area contributed by atoms with Crippen molar-refractivity contribution in [3.63, 3.8) is 0 Å². The van der Waals surface area contributed by atoms with Crippen molar-refractivity contribution >= 4 is 76.0 Å². The molecule has 0 bridgehead atoms. The number of halogens is 4. The standard InChI is InChI=1S/C46H36Cl4Si/c1-27-21-31(37-19-15-33(47)25-43(37)49)13-17-35(27)41-23-29-9-5-7-11-39(29)45(41)51(3,4)46-40-12-8-6-10-30(40)24-42(46)36-18-14-32(22-28(36)2)38-20-16-34(48)26-44(38)50/h5-22,25-26H,23-24H2,1-4H3. The molecule has 0 heterocycles. The number of fused-ring (bicyclic) bond motifs is 2. The summed E-state index contributed by atoms with van der Waals surface area (Å²) in [4.78, 5) is 0. The molecule has 51 heavy (non-hydrogen) atoms. The quantitative estimate of drug-likeness (QED) is 0.148. The van der Waals surface area contributed by atoms with Crippen molar-refractivity contribution in [2.75, 3.05) is 0 Å². The normalized spacial score (nSPS) is 14.0. The number of hydrogen-bond donors (Lipinski definition) is 0. The van der Waals surface area contributed by atoms with E-state index in [1.165, 1.54) is 66.0 Å². The van der Waals surface area contributed by atoms with Gasteiger partial charge in [-0.15, -0.1) is 0 Å². The lowest BCUT2D eigenvalue weighted by Gasteiger charge is -2.31. The Morgan fingerprint density at radius 3 is 1.22 bits per heavy atom. The first kappa shape index (κ1) is 34.3. The smallest absolute Gasteiger partial charge is 0.0843 e. The first-order valence-electron chi connectivity index (χ1n) is 17.3. The molecule has 2 aliphatic rings. The fourth-order valence-corrected chi connectivity index (χ4v) is 13.6. The van der Waals surface area contributed by atoms with Crippen LogP contribution >= 0.6 is 46.4 Å². The predicted octanol–water partition coefficient (Wildman–Crippen LogP) is 14.7. The van der Waals surface area contributed by atoms with E-state index in [1.807, 2.05) is 36.4 Å². The van der Waals surface area contributed by atoms with Crippen LogP contribution in [-0.2, 0) is 12.8 Å². The average Bonchev–Trinajstić information content (AvgIpc) is 3.68. The van der Waals surface area contributed by atoms with E-state index in [0.717, 1.165) is 35.1 Å². The van der Waals surface area contributed by atoms with Crippen molar-refractivity contribution in [3.05, 3.63) is 186 Å². The van der Waals surface area contributed by atoms with Crippen molar-refractivity contribution in [2.24, 2.45) is 0 Å². The molecule has 0 radical (unpaired) electrons. The van der Waals surface area contributed by atoms with Gasteiger partial charge in [-0.05, 0) is 128 Å². The van der Waals surface area contributed by atoms with Gasteiger partial charge in [-0.25, -0.2) is 0 Å². The van der Waals surface area contributed by atoms with Gasteiger partial charge < -0.3 is 0 Å². The van der Waals surface area contributed by atoms with E-state index >= 15 is 0 Å². The molecule has 0 spiro atoms. The molecule has 0 unspecified atom stereocenters. The SMILES string of the molecule is Cc1cc(-c2ccc(Cl)cc2Cl)ccc1C1=C([Si](C)(C)C2=C(c3ccc(-c4ccc(Cl)cc4Cl)cc3C)Cc3ccccc32)c2ccccc2C1. The Hall–Kier alpha value is -3.82. The first-order chi connectivity index (χ1) is 24.5. The molecule has 252 valence electrons. The molecule has 0 atom stereocenters. The maximum Gasteiger partial charge on any atom is 0.114 e. The Kier molecular flexibility index (Phi) is 8.94. The van der Waals surface area contributed by atoms with Gasteiger partial charge in [0.05, 0.1) is 0 Å². The van der Waals surface area contributed by atoms with Crippen LogP contribution in [0.4, 0.5) is 0 Å². The summed E-state index contributed by atoms with van der Waals surface area (Å²) in [6.45, 7) is 9.60. The summed E-state index contributed by atoms with van der Waals surface area (Å²) in [7, 11) is -2.38. The Morgan fingerprint density at radius 2 is 0.824 bits per heavy atom. The van der Waals surface area contributed by atoms with E-state index < -0.39 is 8.07 Å². The van der Waals surface area contributed by atoms with Gasteiger partial charge >= 0.3 is 0 Å². The van der Waals surface area contributed by atoms with E-state index in [1.54, 1.807) is 0 Å². The van der Waals surface area contributed by atoms with E-state index in [9.17, 15) is 0 Å². The zero-order valence-electron chi connectivity index (χ0n) is 29.0. The van der Waals surface area contributed by atoms with Crippen LogP contribution in [0.5, 0.6) is 0 Å². The van der Waals surface area contributed by atoms with Gasteiger partial charge in [0.1, 0.15) is 8.07 Å². The molecule has 0 saturated carbocycles. The predicted molar refractivity (Wildman–Crippen MR) is 225 cm³/mol. The van der Waals surface area contributed by atoms with Crippen molar-refractivity contribution in [1.29, 1.82) is 0 Å². The Labute approximate surface area is 322 Å². The summed E-state index contributed by atoms with van der Waals surface area (Å²) in [5.41, 5.74) is 17.8. The summed E-state index contributed by atoms with van der Waals surface area (Å²) < 4.78 is 0. The van der Waals surface area contributed by atoms with E-state index in [2.05, 4.69) is 112 Å². The van der Waals surface area contributed by atoms with Crippen LogP contribution in [0.3, 0.4) is 0 Å². The molecule has 0 saturated heterocycles. The minimum absolute atomic E-state index is 0.641. The molecule has 5 heteroatoms. The third-order valence-electron chi connectivity index (χ3n) is 10.7. The van der Waals surface area contributed by atoms with Crippen LogP contribution in [0.1, 0.15) is 44.5 Å². The van der Waals surface area contributed by atoms with Crippen molar-refractivity contribution in [3.8, 4) is 22.3 Å². The molecule has 0 nitrogen and oxygen atoms in total. The number of allylic oxidation sites excluding steroid dienone is 2. The second kappa shape index (κ2) is 13.3. The van der Waals surface area contributed by atoms with Crippen molar-refractivity contribution in [1.82, 2.24) is 0 Å². The summed E-state index contributed by atoms with van der Waals surface area (Å²) in [6, 6.07) is 43.1. The molecule has 2 aliphatic carbocycles. The van der Waals surface area contributed by atoms with Crippen molar-refractivity contribution in [2.45, 2.75) is 39.8 Å². The molecule has 0 aromatic heterocycles. The van der Waals surface area contributed by atoms with Crippen molar-refractivity contribution < 1.29 is 0 Å². The lowest BCUT2D eigenvalue weighted by atomic mass is 9.94. The van der Waals surface area contributed by atoms with Gasteiger partial charge in [-0.1, -0.05) is 157 Å². The highest BCUT2D eigenvalue weighted by atomic mass is 35.5.